The van der Waals surface area contributed by atoms with Crippen LogP contribution in [0.1, 0.15) is 11.1 Å². The summed E-state index contributed by atoms with van der Waals surface area (Å²) >= 11 is 0. The second-order valence-electron chi connectivity index (χ2n) is 5.08. The first-order valence-corrected chi connectivity index (χ1v) is 8.38. The van der Waals surface area contributed by atoms with Gasteiger partial charge in [0.1, 0.15) is 5.75 Å². The Bertz CT molecular complexity index is 814. The number of ether oxygens (including phenoxy) is 1. The number of nitrogens with one attached hydrogen (secondary N) is 1. The molecule has 0 aliphatic carbocycles. The number of carbonyl (C=O) groups excluding carboxylic acids is 1. The van der Waals surface area contributed by atoms with E-state index < -0.39 is 15.9 Å². The van der Waals surface area contributed by atoms with Crippen molar-refractivity contribution < 1.29 is 17.9 Å². The van der Waals surface area contributed by atoms with E-state index in [9.17, 15) is 13.2 Å². The van der Waals surface area contributed by atoms with Crippen molar-refractivity contribution in [1.29, 1.82) is 0 Å². The van der Waals surface area contributed by atoms with E-state index >= 15 is 0 Å². The molecule has 0 radical (unpaired) electrons. The van der Waals surface area contributed by atoms with Crippen LogP contribution in [0.4, 0.5) is 5.69 Å². The fraction of sp³-hybridized carbons (Fsp3) is 0.188. The minimum atomic E-state index is -3.70. The lowest BCUT2D eigenvalue weighted by Crippen LogP contribution is -2.20. The van der Waals surface area contributed by atoms with Gasteiger partial charge in [0, 0.05) is 0 Å². The van der Waals surface area contributed by atoms with Crippen LogP contribution in [0.15, 0.2) is 47.4 Å². The third-order valence-electron chi connectivity index (χ3n) is 3.36. The van der Waals surface area contributed by atoms with Crippen LogP contribution >= 0.6 is 0 Å². The van der Waals surface area contributed by atoms with Gasteiger partial charge >= 0.3 is 0 Å². The van der Waals surface area contributed by atoms with Crippen molar-refractivity contribution in [3.05, 3.63) is 53.6 Å². The molecular formula is C16H18N2O4S. The fourth-order valence-corrected chi connectivity index (χ4v) is 3.06. The Morgan fingerprint density at radius 3 is 2.39 bits per heavy atom. The Labute approximate surface area is 135 Å². The van der Waals surface area contributed by atoms with Crippen molar-refractivity contribution in [2.24, 2.45) is 5.73 Å². The molecule has 0 fully saturated rings. The smallest absolute Gasteiger partial charge is 0.261 e. The Hall–Kier alpha value is -2.54. The zero-order chi connectivity index (χ0) is 17.0. The molecule has 23 heavy (non-hydrogen) atoms. The molecule has 0 atom stereocenters. The van der Waals surface area contributed by atoms with Gasteiger partial charge in [-0.25, -0.2) is 8.42 Å². The fourth-order valence-electron chi connectivity index (χ4n) is 1.93. The second-order valence-corrected chi connectivity index (χ2v) is 6.76. The minimum Gasteiger partial charge on any atom is -0.484 e. The molecule has 0 saturated heterocycles. The largest absolute Gasteiger partial charge is 0.484 e. The summed E-state index contributed by atoms with van der Waals surface area (Å²) in [5.41, 5.74) is 7.40. The molecule has 7 heteroatoms. The lowest BCUT2D eigenvalue weighted by Gasteiger charge is -2.12. The monoisotopic (exact) mass is 334 g/mol. The molecule has 0 saturated carbocycles. The van der Waals surface area contributed by atoms with Crippen molar-refractivity contribution in [1.82, 2.24) is 0 Å². The number of hydrogen-bond donors (Lipinski definition) is 2. The Balaban J connectivity index is 2.19. The number of carbonyl (C=O) groups is 1. The van der Waals surface area contributed by atoms with Crippen LogP contribution in [-0.2, 0) is 14.8 Å². The lowest BCUT2D eigenvalue weighted by molar-refractivity contribution is -0.119. The van der Waals surface area contributed by atoms with E-state index in [4.69, 9.17) is 10.5 Å². The summed E-state index contributed by atoms with van der Waals surface area (Å²) < 4.78 is 32.5. The van der Waals surface area contributed by atoms with Crippen molar-refractivity contribution in [3.63, 3.8) is 0 Å². The maximum Gasteiger partial charge on any atom is 0.261 e. The number of rotatable bonds is 6. The van der Waals surface area contributed by atoms with Crippen molar-refractivity contribution in [2.75, 3.05) is 11.3 Å². The number of amides is 1. The Kier molecular flexibility index (Phi) is 4.90. The molecule has 0 unspecified atom stereocenters. The average Bonchev–Trinajstić information content (AvgIpc) is 2.50. The van der Waals surface area contributed by atoms with Crippen molar-refractivity contribution in [2.45, 2.75) is 18.7 Å². The van der Waals surface area contributed by atoms with Crippen LogP contribution in [0.3, 0.4) is 0 Å². The van der Waals surface area contributed by atoms with Crippen LogP contribution in [0, 0.1) is 13.8 Å². The summed E-state index contributed by atoms with van der Waals surface area (Å²) in [5.74, 6) is -0.229. The maximum atomic E-state index is 12.4. The van der Waals surface area contributed by atoms with Gasteiger partial charge in [0.05, 0.1) is 10.6 Å². The number of benzene rings is 2. The summed E-state index contributed by atoms with van der Waals surface area (Å²) in [4.78, 5) is 10.8. The molecule has 0 aliphatic rings. The van der Waals surface area contributed by atoms with Gasteiger partial charge in [-0.1, -0.05) is 12.1 Å². The molecule has 6 nitrogen and oxygen atoms in total. The van der Waals surface area contributed by atoms with E-state index in [1.54, 1.807) is 12.1 Å². The SMILES string of the molecule is Cc1cccc(NS(=O)(=O)c2ccc(OCC(N)=O)cc2)c1C. The first-order valence-electron chi connectivity index (χ1n) is 6.90. The highest BCUT2D eigenvalue weighted by atomic mass is 32.2. The Morgan fingerprint density at radius 1 is 1.13 bits per heavy atom. The predicted molar refractivity (Wildman–Crippen MR) is 87.9 cm³/mol. The number of nitrogens with two attached hydrogens (primary N) is 1. The number of anilines is 1. The molecule has 122 valence electrons. The first kappa shape index (κ1) is 16.8. The standard InChI is InChI=1S/C16H18N2O4S/c1-11-4-3-5-15(12(11)2)18-23(20,21)14-8-6-13(7-9-14)22-10-16(17)19/h3-9,18H,10H2,1-2H3,(H2,17,19). The molecule has 2 aromatic rings. The molecule has 2 rings (SSSR count). The maximum absolute atomic E-state index is 12.4. The average molecular weight is 334 g/mol. The highest BCUT2D eigenvalue weighted by molar-refractivity contribution is 7.92. The topological polar surface area (TPSA) is 98.5 Å². The van der Waals surface area contributed by atoms with Crippen molar-refractivity contribution >= 4 is 21.6 Å². The van der Waals surface area contributed by atoms with Crippen LogP contribution in [0.25, 0.3) is 0 Å². The normalized spacial score (nSPS) is 11.0. The third-order valence-corrected chi connectivity index (χ3v) is 4.75. The highest BCUT2D eigenvalue weighted by Gasteiger charge is 2.15. The van der Waals surface area contributed by atoms with Crippen LogP contribution in [-0.4, -0.2) is 20.9 Å². The van der Waals surface area contributed by atoms with E-state index in [1.807, 2.05) is 19.9 Å². The van der Waals surface area contributed by atoms with Crippen molar-refractivity contribution in [3.8, 4) is 5.75 Å². The number of primary amides is 1. The van der Waals surface area contributed by atoms with Crippen LogP contribution < -0.4 is 15.2 Å². The predicted octanol–water partition coefficient (Wildman–Crippen LogP) is 1.97. The zero-order valence-corrected chi connectivity index (χ0v) is 13.7. The Morgan fingerprint density at radius 2 is 1.78 bits per heavy atom. The summed E-state index contributed by atoms with van der Waals surface area (Å²) in [7, 11) is -3.70. The summed E-state index contributed by atoms with van der Waals surface area (Å²) in [5, 5.41) is 0. The van der Waals surface area contributed by atoms with Gasteiger partial charge in [-0.15, -0.1) is 0 Å². The molecule has 3 N–H and O–H groups in total. The number of aryl methyl sites for hydroxylation is 1. The molecule has 0 spiro atoms. The molecular weight excluding hydrogens is 316 g/mol. The lowest BCUT2D eigenvalue weighted by atomic mass is 10.1. The third kappa shape index (κ3) is 4.23. The van der Waals surface area contributed by atoms with Gasteiger partial charge in [0.2, 0.25) is 0 Å². The minimum absolute atomic E-state index is 0.102. The molecule has 1 amide bonds. The second kappa shape index (κ2) is 6.70. The van der Waals surface area contributed by atoms with Crippen LogP contribution in [0.2, 0.25) is 0 Å². The van der Waals surface area contributed by atoms with Gasteiger partial charge in [-0.05, 0) is 55.3 Å². The van der Waals surface area contributed by atoms with E-state index in [0.29, 0.717) is 11.4 Å². The summed E-state index contributed by atoms with van der Waals surface area (Å²) in [6, 6.07) is 11.2. The number of hydrogen-bond acceptors (Lipinski definition) is 4. The zero-order valence-electron chi connectivity index (χ0n) is 12.9. The van der Waals surface area contributed by atoms with E-state index in [2.05, 4.69) is 4.72 Å². The molecule has 0 aromatic heterocycles. The van der Waals surface area contributed by atoms with E-state index in [1.165, 1.54) is 24.3 Å². The summed E-state index contributed by atoms with van der Waals surface area (Å²) in [6.07, 6.45) is 0. The molecule has 0 bridgehead atoms. The highest BCUT2D eigenvalue weighted by Crippen LogP contribution is 2.23. The number of sulfonamides is 1. The van der Waals surface area contributed by atoms with Gasteiger partial charge in [-0.3, -0.25) is 9.52 Å². The van der Waals surface area contributed by atoms with E-state index in [-0.39, 0.29) is 11.5 Å². The van der Waals surface area contributed by atoms with Gasteiger partial charge < -0.3 is 10.5 Å². The van der Waals surface area contributed by atoms with Crippen LogP contribution in [0.5, 0.6) is 5.75 Å². The molecule has 0 aliphatic heterocycles. The quantitative estimate of drug-likeness (QED) is 0.843. The first-order chi connectivity index (χ1) is 10.8. The molecule has 0 heterocycles. The van der Waals surface area contributed by atoms with Gasteiger partial charge in [-0.2, -0.15) is 0 Å². The molecule has 2 aromatic carbocycles. The van der Waals surface area contributed by atoms with E-state index in [0.717, 1.165) is 11.1 Å². The summed E-state index contributed by atoms with van der Waals surface area (Å²) in [6.45, 7) is 3.51. The van der Waals surface area contributed by atoms with Gasteiger partial charge in [0.25, 0.3) is 15.9 Å². The van der Waals surface area contributed by atoms with Gasteiger partial charge in [0.15, 0.2) is 6.61 Å².